The van der Waals surface area contributed by atoms with Gasteiger partial charge in [0.1, 0.15) is 48.5 Å². The molecule has 2 aromatic rings. The van der Waals surface area contributed by atoms with E-state index in [0.29, 0.717) is 11.2 Å². The summed E-state index contributed by atoms with van der Waals surface area (Å²) in [5.74, 6) is 0.218. The van der Waals surface area contributed by atoms with Crippen molar-refractivity contribution in [2.24, 2.45) is 0 Å². The molecule has 0 amide bonds. The van der Waals surface area contributed by atoms with Gasteiger partial charge < -0.3 is 45.8 Å². The second kappa shape index (κ2) is 8.59. The molecule has 0 spiro atoms. The van der Waals surface area contributed by atoms with Gasteiger partial charge in [-0.25, -0.2) is 15.0 Å². The number of anilines is 1. The van der Waals surface area contributed by atoms with Crippen LogP contribution in [0.3, 0.4) is 0 Å². The van der Waals surface area contributed by atoms with Crippen LogP contribution in [-0.4, -0.2) is 107 Å². The van der Waals surface area contributed by atoms with Crippen LogP contribution in [0.25, 0.3) is 11.2 Å². The second-order valence-corrected chi connectivity index (χ2v) is 6.42. The topological polar surface area (TPSA) is 209 Å². The zero-order chi connectivity index (χ0) is 20.4. The van der Waals surface area contributed by atoms with Gasteiger partial charge in [-0.2, -0.15) is 0 Å². The van der Waals surface area contributed by atoms with E-state index < -0.39 is 49.5 Å². The zero-order valence-electron chi connectivity index (χ0n) is 14.7. The van der Waals surface area contributed by atoms with Crippen LogP contribution in [0.15, 0.2) is 12.7 Å². The van der Waals surface area contributed by atoms with E-state index in [9.17, 15) is 10.2 Å². The number of nitrogen functional groups attached to an aromatic ring is 1. The summed E-state index contributed by atoms with van der Waals surface area (Å²) in [7, 11) is 0. The van der Waals surface area contributed by atoms with E-state index in [1.165, 1.54) is 17.2 Å². The molecule has 2 unspecified atom stereocenters. The smallest absolute Gasteiger partial charge is 0.167 e. The molecule has 2 aromatic heterocycles. The minimum absolute atomic E-state index is 0.117. The highest BCUT2D eigenvalue weighted by molar-refractivity contribution is 5.81. The molecule has 2 aliphatic rings. The van der Waals surface area contributed by atoms with Crippen molar-refractivity contribution in [1.82, 2.24) is 19.5 Å². The van der Waals surface area contributed by atoms with E-state index in [-0.39, 0.29) is 19.0 Å². The van der Waals surface area contributed by atoms with Crippen molar-refractivity contribution >= 4 is 17.0 Å². The van der Waals surface area contributed by atoms with Gasteiger partial charge in [-0.05, 0) is 0 Å². The Kier molecular flexibility index (Phi) is 6.36. The first-order valence-corrected chi connectivity index (χ1v) is 8.53. The van der Waals surface area contributed by atoms with E-state index in [1.54, 1.807) is 0 Å². The van der Waals surface area contributed by atoms with Crippen LogP contribution >= 0.6 is 0 Å². The van der Waals surface area contributed by atoms with Crippen molar-refractivity contribution in [2.45, 2.75) is 42.9 Å². The van der Waals surface area contributed by atoms with E-state index in [4.69, 9.17) is 35.6 Å². The summed E-state index contributed by atoms with van der Waals surface area (Å²) in [4.78, 5) is 11.9. The molecule has 0 aromatic carbocycles. The van der Waals surface area contributed by atoms with Crippen molar-refractivity contribution in [3.05, 3.63) is 12.7 Å². The fraction of sp³-hybridized carbons (Fsp3) is 0.667. The first-order valence-electron chi connectivity index (χ1n) is 8.53. The summed E-state index contributed by atoms with van der Waals surface area (Å²) in [5.41, 5.74) is 6.44. The lowest BCUT2D eigenvalue weighted by Crippen LogP contribution is -2.33. The monoisotopic (exact) mass is 401 g/mol. The highest BCUT2D eigenvalue weighted by Gasteiger charge is 2.44. The fourth-order valence-electron chi connectivity index (χ4n) is 2.99. The highest BCUT2D eigenvalue weighted by atomic mass is 16.6. The van der Waals surface area contributed by atoms with Crippen molar-refractivity contribution in [3.8, 4) is 0 Å². The lowest BCUT2D eigenvalue weighted by atomic mass is 10.1. The Morgan fingerprint density at radius 2 is 1.71 bits per heavy atom. The summed E-state index contributed by atoms with van der Waals surface area (Å²) in [6.07, 6.45) is -3.77. The number of rotatable bonds is 3. The Balaban J connectivity index is 0.000000211. The first-order chi connectivity index (χ1) is 13.4. The molecule has 2 fully saturated rings. The van der Waals surface area contributed by atoms with Crippen LogP contribution in [0.5, 0.6) is 0 Å². The summed E-state index contributed by atoms with van der Waals surface area (Å²) in [5, 5.41) is 54.9. The maximum absolute atomic E-state index is 9.95. The normalized spacial score (nSPS) is 35.1. The van der Waals surface area contributed by atoms with Gasteiger partial charge in [0.2, 0.25) is 0 Å². The molecule has 2 saturated heterocycles. The fourth-order valence-corrected chi connectivity index (χ4v) is 2.99. The van der Waals surface area contributed by atoms with Gasteiger partial charge in [-0.3, -0.25) is 4.57 Å². The Morgan fingerprint density at radius 1 is 1.00 bits per heavy atom. The molecule has 0 aliphatic carbocycles. The molecule has 13 heteroatoms. The molecular weight excluding hydrogens is 378 g/mol. The molecule has 0 bridgehead atoms. The summed E-state index contributed by atoms with van der Waals surface area (Å²) >= 11 is 0. The number of fused-ring (bicyclic) bond motifs is 1. The molecule has 13 nitrogen and oxygen atoms in total. The Bertz CT molecular complexity index is 791. The minimum atomic E-state index is -1.19. The molecule has 2 aliphatic heterocycles. The Morgan fingerprint density at radius 3 is 2.25 bits per heavy atom. The molecule has 28 heavy (non-hydrogen) atoms. The molecular formula is C15H23N5O8. The third kappa shape index (κ3) is 3.78. The van der Waals surface area contributed by atoms with Gasteiger partial charge in [-0.15, -0.1) is 0 Å². The maximum Gasteiger partial charge on any atom is 0.167 e. The predicted molar refractivity (Wildman–Crippen MR) is 91.6 cm³/mol. The number of aliphatic hydroxyl groups is 6. The van der Waals surface area contributed by atoms with Crippen LogP contribution in [-0.2, 0) is 9.47 Å². The number of nitrogens with two attached hydrogens (primary N) is 1. The standard InChI is InChI=1S/C10H13N5O4.C5H10O4/c11-8-5-9(13-2-12-8)15(3-14-5)10-7(18)6(17)4(1-16)19-10;6-1-4-5(8)3(7)2-9-4/h2-4,6-7,10,16-18H,1H2,(H2,11,12,13);3-8H,1-2H2/t4-,6?,7?,10-;3-,4-,5+/m11/s1. The number of aliphatic hydroxyl groups excluding tert-OH is 6. The van der Waals surface area contributed by atoms with E-state index >= 15 is 0 Å². The van der Waals surface area contributed by atoms with Gasteiger partial charge in [-0.1, -0.05) is 0 Å². The van der Waals surface area contributed by atoms with Gasteiger partial charge >= 0.3 is 0 Å². The number of hydrogen-bond donors (Lipinski definition) is 7. The molecule has 4 heterocycles. The zero-order valence-corrected chi connectivity index (χ0v) is 14.7. The summed E-state index contributed by atoms with van der Waals surface area (Å²) in [6, 6.07) is 0. The van der Waals surface area contributed by atoms with Gasteiger partial charge in [0, 0.05) is 0 Å². The Hall–Kier alpha value is -1.97. The van der Waals surface area contributed by atoms with Crippen LogP contribution in [0.4, 0.5) is 5.82 Å². The first kappa shape index (κ1) is 20.8. The van der Waals surface area contributed by atoms with Gasteiger partial charge in [0.05, 0.1) is 26.1 Å². The number of aromatic nitrogens is 4. The summed E-state index contributed by atoms with van der Waals surface area (Å²) in [6.45, 7) is -0.511. The Labute approximate surface area is 158 Å². The number of hydrogen-bond acceptors (Lipinski definition) is 12. The van der Waals surface area contributed by atoms with Gasteiger partial charge in [0.25, 0.3) is 0 Å². The highest BCUT2D eigenvalue weighted by Crippen LogP contribution is 2.31. The van der Waals surface area contributed by atoms with Crippen LogP contribution in [0.2, 0.25) is 0 Å². The van der Waals surface area contributed by atoms with E-state index in [0.717, 1.165) is 0 Å². The van der Waals surface area contributed by atoms with Crippen molar-refractivity contribution in [3.63, 3.8) is 0 Å². The molecule has 0 saturated carbocycles. The second-order valence-electron chi connectivity index (χ2n) is 6.42. The molecule has 156 valence electrons. The predicted octanol–water partition coefficient (Wildman–Crippen LogP) is -3.88. The van der Waals surface area contributed by atoms with E-state index in [2.05, 4.69) is 15.0 Å². The largest absolute Gasteiger partial charge is 0.394 e. The molecule has 4 rings (SSSR count). The summed E-state index contributed by atoms with van der Waals surface area (Å²) < 4.78 is 11.6. The van der Waals surface area contributed by atoms with Crippen LogP contribution in [0.1, 0.15) is 6.23 Å². The SMILES string of the molecule is Nc1ncnc2c1ncn2[C@@H]1O[C@H](CO)C(O)C1O.OC[C@H]1OC[C@@H](O)[C@@H]1O. The average molecular weight is 401 g/mol. The molecule has 7 atom stereocenters. The third-order valence-electron chi connectivity index (χ3n) is 4.61. The van der Waals surface area contributed by atoms with Crippen LogP contribution < -0.4 is 5.73 Å². The third-order valence-corrected chi connectivity index (χ3v) is 4.61. The van der Waals surface area contributed by atoms with E-state index in [1.807, 2.05) is 0 Å². The minimum Gasteiger partial charge on any atom is -0.394 e. The number of ether oxygens (including phenoxy) is 2. The van der Waals surface area contributed by atoms with Gasteiger partial charge in [0.15, 0.2) is 17.7 Å². The number of nitrogens with zero attached hydrogens (tertiary/aromatic N) is 4. The lowest BCUT2D eigenvalue weighted by molar-refractivity contribution is -0.0511. The molecule has 8 N–H and O–H groups in total. The molecule has 0 radical (unpaired) electrons. The number of imidazole rings is 1. The maximum atomic E-state index is 9.95. The van der Waals surface area contributed by atoms with Crippen LogP contribution in [0, 0.1) is 0 Å². The van der Waals surface area contributed by atoms with Crippen molar-refractivity contribution in [2.75, 3.05) is 25.6 Å². The lowest BCUT2D eigenvalue weighted by Gasteiger charge is -2.16. The average Bonchev–Trinajstić information content (AvgIpc) is 3.34. The van der Waals surface area contributed by atoms with Crippen molar-refractivity contribution in [1.29, 1.82) is 0 Å². The van der Waals surface area contributed by atoms with Crippen molar-refractivity contribution < 1.29 is 40.1 Å². The quantitative estimate of drug-likeness (QED) is 0.263.